The molecular formula is C14H17F2N3. The number of imidazole rings is 1. The number of nitrogens with one attached hydrogen (secondary N) is 1. The lowest BCUT2D eigenvalue weighted by Gasteiger charge is -2.17. The van der Waals surface area contributed by atoms with Gasteiger partial charge in [0.25, 0.3) is 0 Å². The fourth-order valence-corrected chi connectivity index (χ4v) is 2.12. The molecule has 0 saturated carbocycles. The number of hydrogen-bond acceptors (Lipinski definition) is 2. The Labute approximate surface area is 111 Å². The molecule has 0 fully saturated rings. The summed E-state index contributed by atoms with van der Waals surface area (Å²) in [5, 5.41) is 3.11. The Morgan fingerprint density at radius 3 is 2.74 bits per heavy atom. The van der Waals surface area contributed by atoms with Crippen molar-refractivity contribution in [1.82, 2.24) is 14.9 Å². The van der Waals surface area contributed by atoms with Crippen LogP contribution in [0.15, 0.2) is 30.6 Å². The number of aromatic nitrogens is 2. The van der Waals surface area contributed by atoms with Crippen molar-refractivity contribution in [2.45, 2.75) is 25.9 Å². The molecule has 3 nitrogen and oxygen atoms in total. The lowest BCUT2D eigenvalue weighted by atomic mass is 10.0. The molecule has 0 radical (unpaired) electrons. The number of rotatable bonds is 5. The first-order valence-corrected chi connectivity index (χ1v) is 6.28. The van der Waals surface area contributed by atoms with E-state index in [4.69, 9.17) is 0 Å². The van der Waals surface area contributed by atoms with E-state index in [-0.39, 0.29) is 6.04 Å². The summed E-state index contributed by atoms with van der Waals surface area (Å²) in [6, 6.07) is 3.89. The van der Waals surface area contributed by atoms with Gasteiger partial charge in [-0.1, -0.05) is 6.07 Å². The van der Waals surface area contributed by atoms with Crippen LogP contribution in [0.1, 0.15) is 24.4 Å². The van der Waals surface area contributed by atoms with Crippen molar-refractivity contribution in [3.8, 4) is 0 Å². The summed E-state index contributed by atoms with van der Waals surface area (Å²) in [5.74, 6) is -0.725. The Balaban J connectivity index is 2.22. The second kappa shape index (κ2) is 5.93. The first-order valence-electron chi connectivity index (χ1n) is 6.28. The Hall–Kier alpha value is -1.75. The fourth-order valence-electron chi connectivity index (χ4n) is 2.12. The van der Waals surface area contributed by atoms with Crippen molar-refractivity contribution < 1.29 is 8.78 Å². The average Bonchev–Trinajstić information content (AvgIpc) is 2.86. The third-order valence-electron chi connectivity index (χ3n) is 3.22. The van der Waals surface area contributed by atoms with Crippen LogP contribution in [0.25, 0.3) is 0 Å². The van der Waals surface area contributed by atoms with Crippen molar-refractivity contribution in [2.24, 2.45) is 0 Å². The van der Waals surface area contributed by atoms with Crippen LogP contribution in [-0.2, 0) is 13.0 Å². The maximum atomic E-state index is 13.3. The maximum Gasteiger partial charge on any atom is 0.159 e. The smallest absolute Gasteiger partial charge is 0.159 e. The highest BCUT2D eigenvalue weighted by Gasteiger charge is 2.15. The van der Waals surface area contributed by atoms with Gasteiger partial charge in [-0.15, -0.1) is 0 Å². The van der Waals surface area contributed by atoms with Gasteiger partial charge in [-0.05, 0) is 31.7 Å². The van der Waals surface area contributed by atoms with E-state index in [0.29, 0.717) is 12.0 Å². The van der Waals surface area contributed by atoms with Gasteiger partial charge in [-0.2, -0.15) is 0 Å². The average molecular weight is 265 g/mol. The summed E-state index contributed by atoms with van der Waals surface area (Å²) in [6.45, 7) is 2.88. The van der Waals surface area contributed by atoms with Crippen LogP contribution >= 0.6 is 0 Å². The molecule has 1 aromatic heterocycles. The van der Waals surface area contributed by atoms with E-state index < -0.39 is 11.6 Å². The normalized spacial score (nSPS) is 12.6. The molecule has 2 aromatic rings. The predicted molar refractivity (Wildman–Crippen MR) is 69.8 cm³/mol. The molecule has 1 atom stereocenters. The Bertz CT molecular complexity index is 551. The minimum Gasteiger partial charge on any atom is -0.335 e. The highest BCUT2D eigenvalue weighted by atomic mass is 19.2. The first kappa shape index (κ1) is 13.7. The third-order valence-corrected chi connectivity index (χ3v) is 3.22. The highest BCUT2D eigenvalue weighted by Crippen LogP contribution is 2.19. The van der Waals surface area contributed by atoms with Gasteiger partial charge >= 0.3 is 0 Å². The van der Waals surface area contributed by atoms with Crippen molar-refractivity contribution in [2.75, 3.05) is 7.05 Å². The van der Waals surface area contributed by atoms with Crippen LogP contribution < -0.4 is 5.32 Å². The van der Waals surface area contributed by atoms with Crippen LogP contribution in [0.2, 0.25) is 0 Å². The molecule has 0 aliphatic rings. The number of benzene rings is 1. The molecule has 19 heavy (non-hydrogen) atoms. The number of nitrogens with zero attached hydrogens (tertiary/aromatic N) is 2. The molecular weight excluding hydrogens is 248 g/mol. The van der Waals surface area contributed by atoms with Crippen LogP contribution in [0, 0.1) is 11.6 Å². The first-order chi connectivity index (χ1) is 9.15. The van der Waals surface area contributed by atoms with Gasteiger partial charge in [-0.25, -0.2) is 13.8 Å². The van der Waals surface area contributed by atoms with Crippen LogP contribution in [-0.4, -0.2) is 16.6 Å². The Morgan fingerprint density at radius 1 is 1.32 bits per heavy atom. The van der Waals surface area contributed by atoms with Crippen LogP contribution in [0.3, 0.4) is 0 Å². The molecule has 102 valence electrons. The summed E-state index contributed by atoms with van der Waals surface area (Å²) in [7, 11) is 1.80. The summed E-state index contributed by atoms with van der Waals surface area (Å²) in [5.41, 5.74) is 0.715. The predicted octanol–water partition coefficient (Wildman–Crippen LogP) is 2.68. The van der Waals surface area contributed by atoms with E-state index in [1.807, 2.05) is 17.7 Å². The third kappa shape index (κ3) is 2.98. The summed E-state index contributed by atoms with van der Waals surface area (Å²) < 4.78 is 28.3. The largest absolute Gasteiger partial charge is 0.335 e. The lowest BCUT2D eigenvalue weighted by molar-refractivity contribution is 0.498. The van der Waals surface area contributed by atoms with Crippen LogP contribution in [0.5, 0.6) is 0 Å². The van der Waals surface area contributed by atoms with E-state index in [2.05, 4.69) is 10.3 Å². The van der Waals surface area contributed by atoms with Crippen molar-refractivity contribution >= 4 is 0 Å². The molecule has 0 aliphatic carbocycles. The monoisotopic (exact) mass is 265 g/mol. The van der Waals surface area contributed by atoms with Gasteiger partial charge in [0.15, 0.2) is 11.6 Å². The number of halogens is 2. The quantitative estimate of drug-likeness (QED) is 0.900. The topological polar surface area (TPSA) is 29.9 Å². The number of likely N-dealkylation sites (N-methyl/N-ethyl adjacent to an activating group) is 1. The van der Waals surface area contributed by atoms with Gasteiger partial charge < -0.3 is 9.88 Å². The molecule has 0 bridgehead atoms. The standard InChI is InChI=1S/C14H17F2N3/c1-3-19-7-6-18-14(19)9-13(17-2)10-4-5-11(15)12(16)8-10/h4-8,13,17H,3,9H2,1-2H3. The van der Waals surface area contributed by atoms with Gasteiger partial charge in [-0.3, -0.25) is 0 Å². The lowest BCUT2D eigenvalue weighted by Crippen LogP contribution is -2.21. The summed E-state index contributed by atoms with van der Waals surface area (Å²) in [6.07, 6.45) is 4.28. The minimum atomic E-state index is -0.825. The maximum absolute atomic E-state index is 13.3. The van der Waals surface area contributed by atoms with E-state index in [1.165, 1.54) is 6.07 Å². The number of hydrogen-bond donors (Lipinski definition) is 1. The minimum absolute atomic E-state index is 0.0946. The van der Waals surface area contributed by atoms with Crippen LogP contribution in [0.4, 0.5) is 8.78 Å². The fraction of sp³-hybridized carbons (Fsp3) is 0.357. The van der Waals surface area contributed by atoms with Gasteiger partial charge in [0, 0.05) is 31.4 Å². The van der Waals surface area contributed by atoms with Gasteiger partial charge in [0.2, 0.25) is 0 Å². The number of aryl methyl sites for hydroxylation is 1. The molecule has 1 aromatic carbocycles. The molecule has 1 N–H and O–H groups in total. The second-order valence-electron chi connectivity index (χ2n) is 4.35. The SMILES string of the molecule is CCn1ccnc1CC(NC)c1ccc(F)c(F)c1. The van der Waals surface area contributed by atoms with E-state index in [0.717, 1.165) is 18.4 Å². The van der Waals surface area contributed by atoms with E-state index in [9.17, 15) is 8.78 Å². The van der Waals surface area contributed by atoms with Gasteiger partial charge in [0.05, 0.1) is 0 Å². The molecule has 5 heteroatoms. The zero-order chi connectivity index (χ0) is 13.8. The summed E-state index contributed by atoms with van der Waals surface area (Å²) in [4.78, 5) is 4.30. The van der Waals surface area contributed by atoms with Crippen molar-refractivity contribution in [1.29, 1.82) is 0 Å². The highest BCUT2D eigenvalue weighted by molar-refractivity contribution is 5.22. The zero-order valence-electron chi connectivity index (χ0n) is 11.0. The van der Waals surface area contributed by atoms with E-state index >= 15 is 0 Å². The van der Waals surface area contributed by atoms with Crippen molar-refractivity contribution in [3.63, 3.8) is 0 Å². The molecule has 0 saturated heterocycles. The molecule has 0 amide bonds. The Morgan fingerprint density at radius 2 is 2.11 bits per heavy atom. The molecule has 0 spiro atoms. The molecule has 0 aliphatic heterocycles. The van der Waals surface area contributed by atoms with E-state index in [1.54, 1.807) is 19.3 Å². The Kier molecular flexibility index (Phi) is 4.27. The summed E-state index contributed by atoms with van der Waals surface area (Å²) >= 11 is 0. The molecule has 1 heterocycles. The van der Waals surface area contributed by atoms with Crippen molar-refractivity contribution in [3.05, 3.63) is 53.6 Å². The molecule has 1 unspecified atom stereocenters. The van der Waals surface area contributed by atoms with Gasteiger partial charge in [0.1, 0.15) is 5.82 Å². The zero-order valence-corrected chi connectivity index (χ0v) is 11.0. The molecule has 2 rings (SSSR count). The second-order valence-corrected chi connectivity index (χ2v) is 4.35.